The van der Waals surface area contributed by atoms with Crippen LogP contribution in [0.2, 0.25) is 0 Å². The number of thiocarbonyl (C=S) groups is 1. The molecule has 0 aromatic heterocycles. The minimum absolute atomic E-state index is 0.0608. The largest absolute Gasteiger partial charge is 0.492 e. The molecule has 0 aliphatic carbocycles. The summed E-state index contributed by atoms with van der Waals surface area (Å²) in [6.45, 7) is 8.76. The molecule has 10 heteroatoms. The molecule has 0 saturated heterocycles. The van der Waals surface area contributed by atoms with E-state index in [0.717, 1.165) is 6.42 Å². The third-order valence-corrected chi connectivity index (χ3v) is 5.51. The van der Waals surface area contributed by atoms with Crippen molar-refractivity contribution < 1.29 is 19.1 Å². The SMILES string of the molecule is CC(C)CCOc1ccc(C(=O)NC(=S)NNC(=O)c2ccc(NC(=O)CC(C)C)cc2)cc1Br. The van der Waals surface area contributed by atoms with Gasteiger partial charge in [0.1, 0.15) is 5.75 Å². The van der Waals surface area contributed by atoms with Crippen LogP contribution in [0.4, 0.5) is 5.69 Å². The molecule has 8 nitrogen and oxygen atoms in total. The number of benzene rings is 2. The van der Waals surface area contributed by atoms with Crippen molar-refractivity contribution in [2.45, 2.75) is 40.5 Å². The first-order valence-electron chi connectivity index (χ1n) is 11.3. The minimum atomic E-state index is -0.452. The first-order chi connectivity index (χ1) is 16.5. The Morgan fingerprint density at radius 2 is 1.57 bits per heavy atom. The summed E-state index contributed by atoms with van der Waals surface area (Å²) in [5.74, 6) is 0.472. The van der Waals surface area contributed by atoms with Crippen LogP contribution >= 0.6 is 28.1 Å². The van der Waals surface area contributed by atoms with Crippen LogP contribution in [0.15, 0.2) is 46.9 Å². The first-order valence-corrected chi connectivity index (χ1v) is 12.5. The summed E-state index contributed by atoms with van der Waals surface area (Å²) in [5, 5.41) is 5.23. The third-order valence-electron chi connectivity index (χ3n) is 4.69. The van der Waals surface area contributed by atoms with E-state index < -0.39 is 11.8 Å². The average molecular weight is 564 g/mol. The number of amides is 3. The average Bonchev–Trinajstić information content (AvgIpc) is 2.78. The molecule has 0 aliphatic heterocycles. The van der Waals surface area contributed by atoms with Crippen molar-refractivity contribution in [3.63, 3.8) is 0 Å². The van der Waals surface area contributed by atoms with E-state index in [0.29, 0.717) is 46.0 Å². The quantitative estimate of drug-likeness (QED) is 0.258. The second-order valence-corrected chi connectivity index (χ2v) is 10.0. The Hall–Kier alpha value is -2.98. The van der Waals surface area contributed by atoms with Crippen molar-refractivity contribution >= 4 is 56.7 Å². The van der Waals surface area contributed by atoms with E-state index in [1.807, 2.05) is 13.8 Å². The van der Waals surface area contributed by atoms with Gasteiger partial charge in [-0.2, -0.15) is 0 Å². The molecule has 0 spiro atoms. The highest BCUT2D eigenvalue weighted by Crippen LogP contribution is 2.26. The highest BCUT2D eigenvalue weighted by Gasteiger charge is 2.13. The molecule has 0 radical (unpaired) electrons. The van der Waals surface area contributed by atoms with Crippen LogP contribution in [0.5, 0.6) is 5.75 Å². The van der Waals surface area contributed by atoms with Crippen molar-refractivity contribution in [2.75, 3.05) is 11.9 Å². The van der Waals surface area contributed by atoms with Gasteiger partial charge in [0.25, 0.3) is 11.8 Å². The zero-order valence-corrected chi connectivity index (χ0v) is 22.6. The smallest absolute Gasteiger partial charge is 0.269 e. The van der Waals surface area contributed by atoms with Gasteiger partial charge >= 0.3 is 0 Å². The molecule has 35 heavy (non-hydrogen) atoms. The standard InChI is InChI=1S/C25H31BrN4O4S/c1-15(2)11-12-34-21-10-7-18(14-20(21)26)23(32)28-25(35)30-29-24(33)17-5-8-19(9-6-17)27-22(31)13-16(3)4/h5-10,14-16H,11-13H2,1-4H3,(H,27,31)(H,29,33)(H2,28,30,32,35). The lowest BCUT2D eigenvalue weighted by Crippen LogP contribution is -2.48. The van der Waals surface area contributed by atoms with E-state index >= 15 is 0 Å². The van der Waals surface area contributed by atoms with E-state index in [9.17, 15) is 14.4 Å². The number of hydrogen-bond acceptors (Lipinski definition) is 5. The van der Waals surface area contributed by atoms with Gasteiger partial charge in [0.05, 0.1) is 11.1 Å². The molecule has 2 rings (SSSR count). The molecule has 0 unspecified atom stereocenters. The van der Waals surface area contributed by atoms with Crippen molar-refractivity contribution in [2.24, 2.45) is 11.8 Å². The highest BCUT2D eigenvalue weighted by molar-refractivity contribution is 9.10. The second-order valence-electron chi connectivity index (χ2n) is 8.76. The zero-order valence-electron chi connectivity index (χ0n) is 20.2. The first kappa shape index (κ1) is 28.3. The predicted molar refractivity (Wildman–Crippen MR) is 144 cm³/mol. The Morgan fingerprint density at radius 1 is 0.914 bits per heavy atom. The lowest BCUT2D eigenvalue weighted by atomic mass is 10.1. The second kappa shape index (κ2) is 13.8. The van der Waals surface area contributed by atoms with Crippen LogP contribution in [-0.4, -0.2) is 29.4 Å². The summed E-state index contributed by atoms with van der Waals surface area (Å²) < 4.78 is 6.38. The molecule has 2 aromatic carbocycles. The van der Waals surface area contributed by atoms with Crippen LogP contribution in [0.25, 0.3) is 0 Å². The number of rotatable bonds is 9. The Labute approximate surface area is 219 Å². The van der Waals surface area contributed by atoms with Crippen molar-refractivity contribution in [1.29, 1.82) is 0 Å². The summed E-state index contributed by atoms with van der Waals surface area (Å²) in [6, 6.07) is 11.4. The van der Waals surface area contributed by atoms with Gasteiger partial charge in [0, 0.05) is 23.2 Å². The predicted octanol–water partition coefficient (Wildman–Crippen LogP) is 4.81. The topological polar surface area (TPSA) is 109 Å². The molecule has 0 heterocycles. The fourth-order valence-corrected chi connectivity index (χ4v) is 3.48. The van der Waals surface area contributed by atoms with E-state index in [1.54, 1.807) is 42.5 Å². The minimum Gasteiger partial charge on any atom is -0.492 e. The van der Waals surface area contributed by atoms with Crippen LogP contribution in [0.1, 0.15) is 61.3 Å². The van der Waals surface area contributed by atoms with Gasteiger partial charge in [-0.3, -0.25) is 30.6 Å². The van der Waals surface area contributed by atoms with Crippen LogP contribution in [0, 0.1) is 11.8 Å². The van der Waals surface area contributed by atoms with Crippen LogP contribution in [0.3, 0.4) is 0 Å². The molecule has 188 valence electrons. The summed E-state index contributed by atoms with van der Waals surface area (Å²) >= 11 is 8.52. The molecule has 0 aliphatic rings. The fourth-order valence-electron chi connectivity index (χ4n) is 2.84. The van der Waals surface area contributed by atoms with Gasteiger partial charge < -0.3 is 10.1 Å². The Balaban J connectivity index is 1.82. The molecule has 0 fully saturated rings. The van der Waals surface area contributed by atoms with Gasteiger partial charge in [-0.15, -0.1) is 0 Å². The molecule has 0 saturated carbocycles. The van der Waals surface area contributed by atoms with Gasteiger partial charge in [-0.05, 0) is 88.9 Å². The number of halogens is 1. The maximum Gasteiger partial charge on any atom is 0.269 e. The highest BCUT2D eigenvalue weighted by atomic mass is 79.9. The maximum absolute atomic E-state index is 12.5. The number of carbonyl (C=O) groups excluding carboxylic acids is 3. The van der Waals surface area contributed by atoms with E-state index in [4.69, 9.17) is 17.0 Å². The van der Waals surface area contributed by atoms with Gasteiger partial charge in [0.15, 0.2) is 5.11 Å². The molecule has 2 aromatic rings. The molecular weight excluding hydrogens is 532 g/mol. The number of ether oxygens (including phenoxy) is 1. The number of hydrazine groups is 1. The van der Waals surface area contributed by atoms with Crippen LogP contribution < -0.4 is 26.2 Å². The van der Waals surface area contributed by atoms with E-state index in [1.165, 1.54) is 0 Å². The summed E-state index contributed by atoms with van der Waals surface area (Å²) in [6.07, 6.45) is 1.35. The number of carbonyl (C=O) groups is 3. The Bertz CT molecular complexity index is 1060. The maximum atomic E-state index is 12.5. The normalized spacial score (nSPS) is 10.6. The lowest BCUT2D eigenvalue weighted by molar-refractivity contribution is -0.116. The van der Waals surface area contributed by atoms with Crippen LogP contribution in [-0.2, 0) is 4.79 Å². The number of hydrogen-bond donors (Lipinski definition) is 4. The monoisotopic (exact) mass is 562 g/mol. The number of anilines is 1. The Morgan fingerprint density at radius 3 is 2.17 bits per heavy atom. The number of nitrogens with one attached hydrogen (secondary N) is 4. The summed E-state index contributed by atoms with van der Waals surface area (Å²) in [5.41, 5.74) is 6.27. The fraction of sp³-hybridized carbons (Fsp3) is 0.360. The Kier molecular flexibility index (Phi) is 11.1. The van der Waals surface area contributed by atoms with Gasteiger partial charge in [0.2, 0.25) is 5.91 Å². The van der Waals surface area contributed by atoms with Crippen molar-refractivity contribution in [3.05, 3.63) is 58.1 Å². The molecule has 3 amide bonds. The summed E-state index contributed by atoms with van der Waals surface area (Å²) in [7, 11) is 0. The van der Waals surface area contributed by atoms with Crippen molar-refractivity contribution in [3.8, 4) is 5.75 Å². The van der Waals surface area contributed by atoms with E-state index in [-0.39, 0.29) is 16.9 Å². The summed E-state index contributed by atoms with van der Waals surface area (Å²) in [4.78, 5) is 36.7. The van der Waals surface area contributed by atoms with E-state index in [2.05, 4.69) is 51.3 Å². The van der Waals surface area contributed by atoms with Gasteiger partial charge in [-0.1, -0.05) is 27.7 Å². The molecule has 0 bridgehead atoms. The zero-order chi connectivity index (χ0) is 26.0. The van der Waals surface area contributed by atoms with Gasteiger partial charge in [-0.25, -0.2) is 0 Å². The molecule has 4 N–H and O–H groups in total. The lowest BCUT2D eigenvalue weighted by Gasteiger charge is -2.13. The molecule has 0 atom stereocenters. The molecular formula is C25H31BrN4O4S. The third kappa shape index (κ3) is 10.0. The van der Waals surface area contributed by atoms with Crippen molar-refractivity contribution in [1.82, 2.24) is 16.2 Å².